The molecule has 0 spiro atoms. The standard InChI is InChI=1S/C15H16N4O/c1-11-4-6-12(7-5-11)10-19-15(13(9-16)17-18-19)14-3-2-8-20-14/h2-8H,9-10,16H2,1H3. The monoisotopic (exact) mass is 268 g/mol. The van der Waals surface area contributed by atoms with E-state index in [4.69, 9.17) is 10.2 Å². The maximum absolute atomic E-state index is 5.73. The molecule has 0 amide bonds. The molecule has 0 saturated heterocycles. The van der Waals surface area contributed by atoms with Crippen molar-refractivity contribution < 1.29 is 4.42 Å². The van der Waals surface area contributed by atoms with Crippen molar-refractivity contribution in [2.45, 2.75) is 20.0 Å². The molecule has 1 aromatic carbocycles. The minimum atomic E-state index is 0.337. The first kappa shape index (κ1) is 12.6. The van der Waals surface area contributed by atoms with Crippen LogP contribution in [0.15, 0.2) is 47.1 Å². The van der Waals surface area contributed by atoms with Gasteiger partial charge < -0.3 is 10.2 Å². The maximum Gasteiger partial charge on any atom is 0.153 e. The van der Waals surface area contributed by atoms with Gasteiger partial charge in [-0.15, -0.1) is 5.10 Å². The quantitative estimate of drug-likeness (QED) is 0.788. The van der Waals surface area contributed by atoms with Crippen LogP contribution in [-0.4, -0.2) is 15.0 Å². The van der Waals surface area contributed by atoms with Crippen LogP contribution in [0.2, 0.25) is 0 Å². The molecule has 0 saturated carbocycles. The second-order valence-corrected chi connectivity index (χ2v) is 4.71. The van der Waals surface area contributed by atoms with Crippen LogP contribution in [0.3, 0.4) is 0 Å². The van der Waals surface area contributed by atoms with E-state index in [0.717, 1.165) is 22.7 Å². The fourth-order valence-corrected chi connectivity index (χ4v) is 2.15. The van der Waals surface area contributed by atoms with E-state index in [-0.39, 0.29) is 0 Å². The zero-order chi connectivity index (χ0) is 13.9. The molecule has 20 heavy (non-hydrogen) atoms. The van der Waals surface area contributed by atoms with E-state index in [1.54, 1.807) is 6.26 Å². The van der Waals surface area contributed by atoms with Crippen molar-refractivity contribution >= 4 is 0 Å². The summed E-state index contributed by atoms with van der Waals surface area (Å²) < 4.78 is 7.29. The molecule has 5 nitrogen and oxygen atoms in total. The van der Waals surface area contributed by atoms with Gasteiger partial charge in [0.15, 0.2) is 5.76 Å². The summed E-state index contributed by atoms with van der Waals surface area (Å²) in [7, 11) is 0. The summed E-state index contributed by atoms with van der Waals surface area (Å²) in [6.45, 7) is 3.05. The van der Waals surface area contributed by atoms with Crippen molar-refractivity contribution in [2.24, 2.45) is 5.73 Å². The lowest BCUT2D eigenvalue weighted by atomic mass is 10.1. The third-order valence-corrected chi connectivity index (χ3v) is 3.21. The third kappa shape index (κ3) is 2.35. The van der Waals surface area contributed by atoms with E-state index in [1.807, 2.05) is 16.8 Å². The Morgan fingerprint density at radius 1 is 1.20 bits per heavy atom. The molecule has 5 heteroatoms. The Morgan fingerprint density at radius 3 is 2.65 bits per heavy atom. The van der Waals surface area contributed by atoms with Crippen molar-refractivity contribution in [3.8, 4) is 11.5 Å². The molecule has 0 fully saturated rings. The third-order valence-electron chi connectivity index (χ3n) is 3.21. The van der Waals surface area contributed by atoms with Crippen LogP contribution in [0.5, 0.6) is 0 Å². The van der Waals surface area contributed by atoms with Gasteiger partial charge in [0.2, 0.25) is 0 Å². The second kappa shape index (κ2) is 5.30. The van der Waals surface area contributed by atoms with Gasteiger partial charge in [-0.2, -0.15) is 0 Å². The number of rotatable bonds is 4. The SMILES string of the molecule is Cc1ccc(Cn2nnc(CN)c2-c2ccco2)cc1. The number of aryl methyl sites for hydroxylation is 1. The number of hydrogen-bond acceptors (Lipinski definition) is 4. The second-order valence-electron chi connectivity index (χ2n) is 4.71. The number of nitrogens with zero attached hydrogens (tertiary/aromatic N) is 3. The van der Waals surface area contributed by atoms with Gasteiger partial charge in [-0.1, -0.05) is 35.0 Å². The molecule has 2 aromatic heterocycles. The molecular formula is C15H16N4O. The highest BCUT2D eigenvalue weighted by Gasteiger charge is 2.16. The molecule has 2 N–H and O–H groups in total. The Labute approximate surface area is 117 Å². The van der Waals surface area contributed by atoms with E-state index < -0.39 is 0 Å². The number of aromatic nitrogens is 3. The number of benzene rings is 1. The van der Waals surface area contributed by atoms with E-state index in [2.05, 4.69) is 41.5 Å². The number of hydrogen-bond donors (Lipinski definition) is 1. The van der Waals surface area contributed by atoms with Crippen LogP contribution in [0.25, 0.3) is 11.5 Å². The van der Waals surface area contributed by atoms with Crippen LogP contribution in [0, 0.1) is 6.92 Å². The highest BCUT2D eigenvalue weighted by atomic mass is 16.3. The molecule has 3 aromatic rings. The first-order valence-corrected chi connectivity index (χ1v) is 6.50. The average molecular weight is 268 g/mol. The largest absolute Gasteiger partial charge is 0.463 e. The van der Waals surface area contributed by atoms with E-state index in [0.29, 0.717) is 13.1 Å². The Bertz CT molecular complexity index is 683. The average Bonchev–Trinajstić information content (AvgIpc) is 3.10. The van der Waals surface area contributed by atoms with Crippen molar-refractivity contribution in [1.29, 1.82) is 0 Å². The molecule has 0 atom stereocenters. The van der Waals surface area contributed by atoms with Gasteiger partial charge in [0.25, 0.3) is 0 Å². The summed E-state index contributed by atoms with van der Waals surface area (Å²) >= 11 is 0. The minimum Gasteiger partial charge on any atom is -0.463 e. The minimum absolute atomic E-state index is 0.337. The molecule has 0 aliphatic rings. The van der Waals surface area contributed by atoms with Gasteiger partial charge in [-0.05, 0) is 24.6 Å². The predicted octanol–water partition coefficient (Wildman–Crippen LogP) is 2.35. The van der Waals surface area contributed by atoms with E-state index in [9.17, 15) is 0 Å². The van der Waals surface area contributed by atoms with Gasteiger partial charge in [-0.25, -0.2) is 4.68 Å². The predicted molar refractivity (Wildman–Crippen MR) is 75.9 cm³/mol. The van der Waals surface area contributed by atoms with Crippen molar-refractivity contribution in [3.63, 3.8) is 0 Å². The molecule has 0 bridgehead atoms. The first-order valence-electron chi connectivity index (χ1n) is 6.50. The molecule has 3 rings (SSSR count). The Kier molecular flexibility index (Phi) is 3.35. The van der Waals surface area contributed by atoms with Crippen molar-refractivity contribution in [3.05, 3.63) is 59.5 Å². The summed E-state index contributed by atoms with van der Waals surface area (Å²) in [5, 5.41) is 8.32. The van der Waals surface area contributed by atoms with Gasteiger partial charge in [0.05, 0.1) is 12.8 Å². The van der Waals surface area contributed by atoms with E-state index >= 15 is 0 Å². The fraction of sp³-hybridized carbons (Fsp3) is 0.200. The van der Waals surface area contributed by atoms with Gasteiger partial charge in [-0.3, -0.25) is 0 Å². The lowest BCUT2D eigenvalue weighted by molar-refractivity contribution is 0.565. The summed E-state index contributed by atoms with van der Waals surface area (Å²) in [6.07, 6.45) is 1.64. The van der Waals surface area contributed by atoms with Crippen molar-refractivity contribution in [1.82, 2.24) is 15.0 Å². The highest BCUT2D eigenvalue weighted by molar-refractivity contribution is 5.55. The van der Waals surface area contributed by atoms with Gasteiger partial charge >= 0.3 is 0 Å². The number of nitrogens with two attached hydrogens (primary N) is 1. The van der Waals surface area contributed by atoms with Crippen LogP contribution in [0.1, 0.15) is 16.8 Å². The highest BCUT2D eigenvalue weighted by Crippen LogP contribution is 2.23. The maximum atomic E-state index is 5.73. The topological polar surface area (TPSA) is 69.9 Å². The lowest BCUT2D eigenvalue weighted by Crippen LogP contribution is -2.05. The van der Waals surface area contributed by atoms with Crippen LogP contribution in [0.4, 0.5) is 0 Å². The molecular weight excluding hydrogens is 252 g/mol. The van der Waals surface area contributed by atoms with Crippen LogP contribution in [-0.2, 0) is 13.1 Å². The molecule has 102 valence electrons. The fourth-order valence-electron chi connectivity index (χ4n) is 2.15. The number of furan rings is 1. The smallest absolute Gasteiger partial charge is 0.153 e. The first-order chi connectivity index (χ1) is 9.78. The zero-order valence-electron chi connectivity index (χ0n) is 11.3. The van der Waals surface area contributed by atoms with Gasteiger partial charge in [0, 0.05) is 6.54 Å². The van der Waals surface area contributed by atoms with Crippen molar-refractivity contribution in [2.75, 3.05) is 0 Å². The molecule has 0 unspecified atom stereocenters. The molecule has 0 aliphatic heterocycles. The summed E-state index contributed by atoms with van der Waals surface area (Å²) in [5.41, 5.74) is 9.71. The Balaban J connectivity index is 1.98. The van der Waals surface area contributed by atoms with Crippen LogP contribution < -0.4 is 5.73 Å². The van der Waals surface area contributed by atoms with Gasteiger partial charge in [0.1, 0.15) is 11.4 Å². The molecule has 0 radical (unpaired) electrons. The van der Waals surface area contributed by atoms with E-state index in [1.165, 1.54) is 5.56 Å². The normalized spacial score (nSPS) is 10.9. The lowest BCUT2D eigenvalue weighted by Gasteiger charge is -2.06. The Morgan fingerprint density at radius 2 is 2.00 bits per heavy atom. The summed E-state index contributed by atoms with van der Waals surface area (Å²) in [4.78, 5) is 0. The molecule has 2 heterocycles. The zero-order valence-corrected chi connectivity index (χ0v) is 11.3. The molecule has 0 aliphatic carbocycles. The van der Waals surface area contributed by atoms with Crippen LogP contribution >= 0.6 is 0 Å². The summed E-state index contributed by atoms with van der Waals surface area (Å²) in [6, 6.07) is 12.1. The summed E-state index contributed by atoms with van der Waals surface area (Å²) in [5.74, 6) is 0.738. The Hall–Kier alpha value is -2.40.